The second-order valence-electron chi connectivity index (χ2n) is 5.42. The molecule has 9 nitrogen and oxygen atoms in total. The molecule has 3 rings (SSSR count). The van der Waals surface area contributed by atoms with Crippen LogP contribution in [0.1, 0.15) is 11.5 Å². The summed E-state index contributed by atoms with van der Waals surface area (Å²) in [5, 5.41) is 11.3. The molecule has 26 heavy (non-hydrogen) atoms. The third kappa shape index (κ3) is 5.05. The van der Waals surface area contributed by atoms with E-state index in [1.165, 1.54) is 10.6 Å². The zero-order chi connectivity index (χ0) is 19.5. The van der Waals surface area contributed by atoms with Gasteiger partial charge in [0, 0.05) is 25.5 Å². The van der Waals surface area contributed by atoms with Crippen molar-refractivity contribution in [2.24, 2.45) is 0 Å². The normalized spacial score (nSPS) is 15.1. The molecule has 2 aromatic rings. The van der Waals surface area contributed by atoms with Gasteiger partial charge >= 0.3 is 12.1 Å². The lowest BCUT2D eigenvalue weighted by molar-refractivity contribution is -0.192. The van der Waals surface area contributed by atoms with Crippen molar-refractivity contribution in [3.05, 3.63) is 36.2 Å². The van der Waals surface area contributed by atoms with E-state index in [1.807, 2.05) is 16.9 Å². The van der Waals surface area contributed by atoms with Crippen LogP contribution < -0.4 is 0 Å². The average molecular weight is 395 g/mol. The number of nitrogens with zero attached hydrogens (tertiary/aromatic N) is 5. The van der Waals surface area contributed by atoms with Crippen molar-refractivity contribution in [3.8, 4) is 0 Å². The molecule has 0 saturated heterocycles. The van der Waals surface area contributed by atoms with Crippen molar-refractivity contribution in [1.29, 1.82) is 0 Å². The van der Waals surface area contributed by atoms with Crippen LogP contribution >= 0.6 is 0 Å². The molecule has 1 aliphatic heterocycles. The van der Waals surface area contributed by atoms with Gasteiger partial charge < -0.3 is 9.67 Å². The predicted molar refractivity (Wildman–Crippen MR) is 82.5 cm³/mol. The fraction of sp³-hybridized carbons (Fsp3) is 0.462. The molecule has 2 aromatic heterocycles. The van der Waals surface area contributed by atoms with Crippen LogP contribution in [0.15, 0.2) is 24.7 Å². The van der Waals surface area contributed by atoms with Gasteiger partial charge in [-0.2, -0.15) is 22.6 Å². The number of hydrogen-bond donors (Lipinski definition) is 1. The summed E-state index contributed by atoms with van der Waals surface area (Å²) < 4.78 is 60.2. The maximum atomic E-state index is 11.5. The smallest absolute Gasteiger partial charge is 0.475 e. The van der Waals surface area contributed by atoms with Gasteiger partial charge in [0.15, 0.2) is 0 Å². The molecule has 0 amide bonds. The number of fused-ring (bicyclic) bond motifs is 1. The average Bonchev–Trinajstić information content (AvgIpc) is 3.16. The number of carbonyl (C=O) groups is 1. The van der Waals surface area contributed by atoms with Gasteiger partial charge in [0.25, 0.3) is 0 Å². The topological polar surface area (TPSA) is 110 Å². The van der Waals surface area contributed by atoms with Crippen molar-refractivity contribution in [1.82, 2.24) is 23.6 Å². The molecular weight excluding hydrogens is 379 g/mol. The molecule has 13 heteroatoms. The van der Waals surface area contributed by atoms with Gasteiger partial charge in [0.1, 0.15) is 5.82 Å². The Morgan fingerprint density at radius 2 is 2.00 bits per heavy atom. The number of halogens is 3. The highest BCUT2D eigenvalue weighted by molar-refractivity contribution is 7.88. The third-order valence-electron chi connectivity index (χ3n) is 3.51. The van der Waals surface area contributed by atoms with Crippen molar-refractivity contribution in [2.45, 2.75) is 25.8 Å². The minimum atomic E-state index is -5.08. The van der Waals surface area contributed by atoms with Crippen LogP contribution in [0.5, 0.6) is 0 Å². The zero-order valence-electron chi connectivity index (χ0n) is 13.6. The molecule has 1 N–H and O–H groups in total. The van der Waals surface area contributed by atoms with E-state index in [0.717, 1.165) is 11.5 Å². The molecular formula is C13H16F3N5O4S. The van der Waals surface area contributed by atoms with E-state index in [9.17, 15) is 21.6 Å². The fourth-order valence-electron chi connectivity index (χ4n) is 2.27. The largest absolute Gasteiger partial charge is 0.490 e. The first kappa shape index (κ1) is 19.9. The first-order valence-corrected chi connectivity index (χ1v) is 9.09. The summed E-state index contributed by atoms with van der Waals surface area (Å²) in [7, 11) is -3.15. The Balaban J connectivity index is 0.000000298. The monoisotopic (exact) mass is 395 g/mol. The minimum Gasteiger partial charge on any atom is -0.475 e. The third-order valence-corrected chi connectivity index (χ3v) is 4.76. The van der Waals surface area contributed by atoms with Gasteiger partial charge in [0.05, 0.1) is 31.2 Å². The van der Waals surface area contributed by atoms with Crippen LogP contribution in [0.25, 0.3) is 0 Å². The van der Waals surface area contributed by atoms with Crippen molar-refractivity contribution < 1.29 is 31.5 Å². The van der Waals surface area contributed by atoms with E-state index < -0.39 is 22.2 Å². The summed E-state index contributed by atoms with van der Waals surface area (Å²) >= 11 is 0. The number of aliphatic carboxylic acids is 1. The molecule has 3 heterocycles. The summed E-state index contributed by atoms with van der Waals surface area (Å²) in [5.41, 5.74) is 1.05. The SMILES string of the molecule is CS(=O)(=O)N1CCn2c(Cn3cccn3)cnc2C1.O=C(O)C(F)(F)F. The van der Waals surface area contributed by atoms with E-state index in [4.69, 9.17) is 9.90 Å². The van der Waals surface area contributed by atoms with Gasteiger partial charge in [-0.15, -0.1) is 0 Å². The molecule has 0 atom stereocenters. The molecule has 0 saturated carbocycles. The standard InChI is InChI=1S/C11H15N5O2S.C2HF3O2/c1-19(17,18)15-5-6-16-10(7-12-11(16)9-15)8-14-4-2-3-13-14;3-2(4,5)1(6)7/h2-4,7H,5-6,8-9H2,1H3;(H,6,7). The Hall–Kier alpha value is -2.41. The Morgan fingerprint density at radius 1 is 1.35 bits per heavy atom. The highest BCUT2D eigenvalue weighted by Crippen LogP contribution is 2.17. The Morgan fingerprint density at radius 3 is 2.50 bits per heavy atom. The van der Waals surface area contributed by atoms with Gasteiger partial charge in [-0.3, -0.25) is 4.68 Å². The molecule has 0 bridgehead atoms. The summed E-state index contributed by atoms with van der Waals surface area (Å²) in [6.45, 7) is 2.13. The van der Waals surface area contributed by atoms with Crippen LogP contribution in [0.4, 0.5) is 13.2 Å². The Bertz CT molecular complexity index is 861. The minimum absolute atomic E-state index is 0.345. The number of sulfonamides is 1. The summed E-state index contributed by atoms with van der Waals surface area (Å²) in [4.78, 5) is 13.2. The van der Waals surface area contributed by atoms with Crippen LogP contribution in [-0.4, -0.2) is 62.1 Å². The highest BCUT2D eigenvalue weighted by atomic mass is 32.2. The van der Waals surface area contributed by atoms with E-state index in [0.29, 0.717) is 26.2 Å². The lowest BCUT2D eigenvalue weighted by Crippen LogP contribution is -2.38. The number of carboxylic acid groups (broad SMARTS) is 1. The maximum Gasteiger partial charge on any atom is 0.490 e. The lowest BCUT2D eigenvalue weighted by atomic mass is 10.4. The quantitative estimate of drug-likeness (QED) is 0.812. The number of aromatic nitrogens is 4. The van der Waals surface area contributed by atoms with Crippen LogP contribution in [0.2, 0.25) is 0 Å². The van der Waals surface area contributed by atoms with Crippen LogP contribution in [0.3, 0.4) is 0 Å². The van der Waals surface area contributed by atoms with Crippen LogP contribution in [-0.2, 0) is 34.5 Å². The second kappa shape index (κ2) is 7.45. The Labute approximate surface area is 146 Å². The summed E-state index contributed by atoms with van der Waals surface area (Å²) in [6, 6.07) is 1.87. The number of hydrogen-bond acceptors (Lipinski definition) is 5. The molecule has 0 aromatic carbocycles. The predicted octanol–water partition coefficient (Wildman–Crippen LogP) is 0.536. The maximum absolute atomic E-state index is 11.5. The number of carboxylic acids is 1. The van der Waals surface area contributed by atoms with Crippen molar-refractivity contribution in [2.75, 3.05) is 12.8 Å². The van der Waals surface area contributed by atoms with E-state index in [-0.39, 0.29) is 0 Å². The molecule has 0 radical (unpaired) electrons. The molecule has 0 fully saturated rings. The lowest BCUT2D eigenvalue weighted by Gasteiger charge is -2.26. The highest BCUT2D eigenvalue weighted by Gasteiger charge is 2.38. The first-order valence-electron chi connectivity index (χ1n) is 7.24. The molecule has 0 spiro atoms. The number of rotatable bonds is 3. The van der Waals surface area contributed by atoms with Crippen molar-refractivity contribution in [3.63, 3.8) is 0 Å². The van der Waals surface area contributed by atoms with Gasteiger partial charge in [-0.05, 0) is 6.07 Å². The van der Waals surface area contributed by atoms with Gasteiger partial charge in [0.2, 0.25) is 10.0 Å². The Kier molecular flexibility index (Phi) is 5.71. The van der Waals surface area contributed by atoms with Gasteiger partial charge in [-0.1, -0.05) is 0 Å². The molecule has 0 aliphatic carbocycles. The zero-order valence-corrected chi connectivity index (χ0v) is 14.4. The number of imidazole rings is 1. The molecule has 1 aliphatic rings. The summed E-state index contributed by atoms with van der Waals surface area (Å²) in [5.74, 6) is -1.97. The van der Waals surface area contributed by atoms with Gasteiger partial charge in [-0.25, -0.2) is 18.2 Å². The first-order chi connectivity index (χ1) is 12.0. The molecule has 144 valence electrons. The second-order valence-corrected chi connectivity index (χ2v) is 7.40. The summed E-state index contributed by atoms with van der Waals surface area (Å²) in [6.07, 6.45) is 1.57. The van der Waals surface area contributed by atoms with E-state index in [1.54, 1.807) is 12.4 Å². The number of alkyl halides is 3. The fourth-order valence-corrected chi connectivity index (χ4v) is 3.03. The van der Waals surface area contributed by atoms with Crippen LogP contribution in [0, 0.1) is 0 Å². The van der Waals surface area contributed by atoms with Crippen molar-refractivity contribution >= 4 is 16.0 Å². The molecule has 0 unspecified atom stereocenters. The van der Waals surface area contributed by atoms with E-state index in [2.05, 4.69) is 14.6 Å². The van der Waals surface area contributed by atoms with E-state index >= 15 is 0 Å².